The number of hydrogen-bond donors (Lipinski definition) is 1. The first kappa shape index (κ1) is 15.5. The molecule has 0 radical (unpaired) electrons. The Balaban J connectivity index is 1.38. The first-order valence-corrected chi connectivity index (χ1v) is 9.36. The van der Waals surface area contributed by atoms with Gasteiger partial charge in [-0.05, 0) is 70.6 Å². The summed E-state index contributed by atoms with van der Waals surface area (Å²) in [7, 11) is 0. The molecule has 0 aromatic heterocycles. The predicted molar refractivity (Wildman–Crippen MR) is 93.9 cm³/mol. The topological polar surface area (TPSA) is 24.5 Å². The molecular weight excluding hydrogens is 284 g/mol. The van der Waals surface area contributed by atoms with Gasteiger partial charge in [-0.15, -0.1) is 0 Å². The van der Waals surface area contributed by atoms with Gasteiger partial charge in [-0.2, -0.15) is 0 Å². The Morgan fingerprint density at radius 1 is 1.22 bits per heavy atom. The predicted octanol–water partition coefficient (Wildman–Crippen LogP) is 3.36. The van der Waals surface area contributed by atoms with Crippen LogP contribution in [0.5, 0.6) is 5.75 Å². The number of hydrogen-bond acceptors (Lipinski definition) is 3. The number of likely N-dealkylation sites (tertiary alicyclic amines) is 1. The highest BCUT2D eigenvalue weighted by Gasteiger charge is 2.33. The van der Waals surface area contributed by atoms with Crippen LogP contribution in [0, 0.1) is 5.92 Å². The van der Waals surface area contributed by atoms with E-state index in [0.29, 0.717) is 0 Å². The number of fused-ring (bicyclic) bond motifs is 1. The molecule has 3 heteroatoms. The number of piperidine rings is 1. The Morgan fingerprint density at radius 3 is 2.78 bits per heavy atom. The van der Waals surface area contributed by atoms with Crippen molar-refractivity contribution in [1.82, 2.24) is 10.2 Å². The van der Waals surface area contributed by atoms with Crippen molar-refractivity contribution in [1.29, 1.82) is 0 Å². The average Bonchev–Trinajstić information content (AvgIpc) is 3.15. The van der Waals surface area contributed by atoms with E-state index in [2.05, 4.69) is 42.3 Å². The maximum Gasteiger partial charge on any atom is 0.127 e. The monoisotopic (exact) mass is 314 g/mol. The molecule has 0 bridgehead atoms. The second-order valence-corrected chi connectivity index (χ2v) is 8.26. The van der Waals surface area contributed by atoms with Crippen molar-refractivity contribution in [2.75, 3.05) is 19.6 Å². The van der Waals surface area contributed by atoms with Crippen LogP contribution in [-0.2, 0) is 13.0 Å². The second kappa shape index (κ2) is 6.10. The van der Waals surface area contributed by atoms with Gasteiger partial charge in [0.05, 0.1) is 0 Å². The fraction of sp³-hybridized carbons (Fsp3) is 0.700. The molecule has 4 rings (SSSR count). The Hall–Kier alpha value is -1.06. The van der Waals surface area contributed by atoms with Crippen molar-refractivity contribution >= 4 is 0 Å². The van der Waals surface area contributed by atoms with Gasteiger partial charge >= 0.3 is 0 Å². The van der Waals surface area contributed by atoms with Crippen molar-refractivity contribution in [2.24, 2.45) is 5.92 Å². The van der Waals surface area contributed by atoms with Crippen LogP contribution in [0.1, 0.15) is 50.7 Å². The third-order valence-electron chi connectivity index (χ3n) is 5.87. The molecule has 0 spiro atoms. The molecule has 1 atom stereocenters. The van der Waals surface area contributed by atoms with Crippen LogP contribution in [-0.4, -0.2) is 36.2 Å². The lowest BCUT2D eigenvalue weighted by atomic mass is 9.88. The van der Waals surface area contributed by atoms with Crippen molar-refractivity contribution in [2.45, 2.75) is 64.1 Å². The summed E-state index contributed by atoms with van der Waals surface area (Å²) >= 11 is 0. The molecule has 3 nitrogen and oxygen atoms in total. The standard InChI is InChI=1S/C20H30N2O/c1-20(2)13-16-5-3-6-17(19(16)23-20)14-22-11-8-15(9-12-22)18-7-4-10-21-18/h3,5-6,15,18,21H,4,7-14H2,1-2H3. The maximum absolute atomic E-state index is 6.23. The van der Waals surface area contributed by atoms with E-state index in [1.54, 1.807) is 0 Å². The molecule has 3 aliphatic rings. The van der Waals surface area contributed by atoms with Crippen LogP contribution >= 0.6 is 0 Å². The van der Waals surface area contributed by atoms with Gasteiger partial charge in [0.1, 0.15) is 11.4 Å². The molecule has 3 aliphatic heterocycles. The SMILES string of the molecule is CC1(C)Cc2cccc(CN3CCC(C4CCCN4)CC3)c2O1. The average molecular weight is 314 g/mol. The molecule has 0 aliphatic carbocycles. The molecular formula is C20H30N2O. The Labute approximate surface area is 140 Å². The smallest absolute Gasteiger partial charge is 0.127 e. The molecule has 1 aromatic carbocycles. The Bertz CT molecular complexity index is 555. The lowest BCUT2D eigenvalue weighted by molar-refractivity contribution is 0.130. The highest BCUT2D eigenvalue weighted by Crippen LogP contribution is 2.38. The van der Waals surface area contributed by atoms with Crippen LogP contribution in [0.4, 0.5) is 0 Å². The fourth-order valence-electron chi connectivity index (χ4n) is 4.67. The zero-order valence-electron chi connectivity index (χ0n) is 14.6. The van der Waals surface area contributed by atoms with E-state index in [4.69, 9.17) is 4.74 Å². The molecule has 2 saturated heterocycles. The summed E-state index contributed by atoms with van der Waals surface area (Å²) in [6.07, 6.45) is 6.48. The van der Waals surface area contributed by atoms with Gasteiger partial charge in [0, 0.05) is 24.6 Å². The van der Waals surface area contributed by atoms with Crippen LogP contribution in [0.2, 0.25) is 0 Å². The van der Waals surface area contributed by atoms with Crippen LogP contribution < -0.4 is 10.1 Å². The molecule has 3 heterocycles. The van der Waals surface area contributed by atoms with Crippen molar-refractivity contribution in [3.8, 4) is 5.75 Å². The maximum atomic E-state index is 6.23. The molecule has 1 aromatic rings. The van der Waals surface area contributed by atoms with Gasteiger partial charge in [-0.1, -0.05) is 18.2 Å². The van der Waals surface area contributed by atoms with Crippen molar-refractivity contribution < 1.29 is 4.74 Å². The molecule has 0 saturated carbocycles. The largest absolute Gasteiger partial charge is 0.487 e. The van der Waals surface area contributed by atoms with E-state index in [9.17, 15) is 0 Å². The lowest BCUT2D eigenvalue weighted by Gasteiger charge is -2.35. The molecule has 2 fully saturated rings. The summed E-state index contributed by atoms with van der Waals surface area (Å²) in [6.45, 7) is 9.12. The minimum Gasteiger partial charge on any atom is -0.487 e. The zero-order valence-corrected chi connectivity index (χ0v) is 14.6. The van der Waals surface area contributed by atoms with E-state index in [-0.39, 0.29) is 5.60 Å². The Kier molecular flexibility index (Phi) is 4.10. The van der Waals surface area contributed by atoms with Crippen LogP contribution in [0.25, 0.3) is 0 Å². The van der Waals surface area contributed by atoms with Gasteiger partial charge in [0.25, 0.3) is 0 Å². The van der Waals surface area contributed by atoms with Crippen LogP contribution in [0.3, 0.4) is 0 Å². The molecule has 126 valence electrons. The third kappa shape index (κ3) is 3.27. The van der Waals surface area contributed by atoms with Crippen molar-refractivity contribution in [3.63, 3.8) is 0 Å². The van der Waals surface area contributed by atoms with Crippen molar-refractivity contribution in [3.05, 3.63) is 29.3 Å². The summed E-state index contributed by atoms with van der Waals surface area (Å²) in [5, 5.41) is 3.70. The van der Waals surface area contributed by atoms with E-state index in [1.165, 1.54) is 56.4 Å². The molecule has 1 unspecified atom stereocenters. The van der Waals surface area contributed by atoms with E-state index >= 15 is 0 Å². The Morgan fingerprint density at radius 2 is 2.04 bits per heavy atom. The molecule has 1 N–H and O–H groups in total. The quantitative estimate of drug-likeness (QED) is 0.926. The second-order valence-electron chi connectivity index (χ2n) is 8.26. The number of para-hydroxylation sites is 1. The van der Waals surface area contributed by atoms with E-state index < -0.39 is 0 Å². The number of ether oxygens (including phenoxy) is 1. The van der Waals surface area contributed by atoms with Crippen LogP contribution in [0.15, 0.2) is 18.2 Å². The summed E-state index contributed by atoms with van der Waals surface area (Å²) in [5.41, 5.74) is 2.72. The normalized spacial score (nSPS) is 27.8. The summed E-state index contributed by atoms with van der Waals surface area (Å²) < 4.78 is 6.23. The highest BCUT2D eigenvalue weighted by molar-refractivity contribution is 5.45. The van der Waals surface area contributed by atoms with E-state index in [0.717, 1.165) is 30.7 Å². The van der Waals surface area contributed by atoms with Gasteiger partial charge in [0.2, 0.25) is 0 Å². The number of rotatable bonds is 3. The van der Waals surface area contributed by atoms with Gasteiger partial charge in [0.15, 0.2) is 0 Å². The minimum atomic E-state index is -0.0421. The third-order valence-corrected chi connectivity index (χ3v) is 5.87. The number of benzene rings is 1. The number of nitrogens with zero attached hydrogens (tertiary/aromatic N) is 1. The lowest BCUT2D eigenvalue weighted by Crippen LogP contribution is -2.40. The fourth-order valence-corrected chi connectivity index (χ4v) is 4.67. The van der Waals surface area contributed by atoms with Gasteiger partial charge < -0.3 is 10.1 Å². The van der Waals surface area contributed by atoms with Gasteiger partial charge in [-0.3, -0.25) is 4.90 Å². The zero-order chi connectivity index (χ0) is 15.9. The minimum absolute atomic E-state index is 0.0421. The highest BCUT2D eigenvalue weighted by atomic mass is 16.5. The first-order valence-electron chi connectivity index (χ1n) is 9.36. The number of nitrogens with one attached hydrogen (secondary N) is 1. The van der Waals surface area contributed by atoms with E-state index in [1.807, 2.05) is 0 Å². The van der Waals surface area contributed by atoms with Gasteiger partial charge in [-0.25, -0.2) is 0 Å². The summed E-state index contributed by atoms with van der Waals surface area (Å²) in [6, 6.07) is 7.48. The first-order chi connectivity index (χ1) is 11.1. The summed E-state index contributed by atoms with van der Waals surface area (Å²) in [5.74, 6) is 2.06. The summed E-state index contributed by atoms with van der Waals surface area (Å²) in [4.78, 5) is 2.62. The molecule has 23 heavy (non-hydrogen) atoms. The molecule has 0 amide bonds.